The summed E-state index contributed by atoms with van der Waals surface area (Å²) in [4.78, 5) is 28.6. The number of nitrogens with two attached hydrogens (primary N) is 1. The Labute approximate surface area is 155 Å². The Morgan fingerprint density at radius 1 is 1.15 bits per heavy atom. The topological polar surface area (TPSA) is 78.7 Å². The molecule has 2 saturated heterocycles. The first-order valence-electron chi connectivity index (χ1n) is 9.59. The van der Waals surface area contributed by atoms with Crippen LogP contribution in [0.15, 0.2) is 30.3 Å². The van der Waals surface area contributed by atoms with Gasteiger partial charge in [0.2, 0.25) is 5.91 Å². The summed E-state index contributed by atoms with van der Waals surface area (Å²) in [6.45, 7) is 3.79. The van der Waals surface area contributed by atoms with Crippen LogP contribution < -0.4 is 11.1 Å². The van der Waals surface area contributed by atoms with Gasteiger partial charge < -0.3 is 20.9 Å². The highest BCUT2D eigenvalue weighted by atomic mass is 16.2. The predicted octanol–water partition coefficient (Wildman–Crippen LogP) is 1.31. The second-order valence-electron chi connectivity index (χ2n) is 7.69. The number of hydrogen-bond donors (Lipinski definition) is 2. The highest BCUT2D eigenvalue weighted by molar-refractivity contribution is 5.80. The number of rotatable bonds is 5. The fourth-order valence-corrected chi connectivity index (χ4v) is 4.30. The molecule has 2 unspecified atom stereocenters. The Balaban J connectivity index is 1.53. The van der Waals surface area contributed by atoms with Crippen LogP contribution in [0.3, 0.4) is 0 Å². The molecule has 2 aliphatic heterocycles. The zero-order chi connectivity index (χ0) is 18.5. The number of carbonyl (C=O) groups excluding carboxylic acids is 2. The highest BCUT2D eigenvalue weighted by Crippen LogP contribution is 2.35. The van der Waals surface area contributed by atoms with Gasteiger partial charge in [0.05, 0.1) is 5.92 Å². The van der Waals surface area contributed by atoms with Crippen molar-refractivity contribution in [1.29, 1.82) is 0 Å². The van der Waals surface area contributed by atoms with Crippen LogP contribution in [0.1, 0.15) is 18.4 Å². The van der Waals surface area contributed by atoms with Crippen LogP contribution in [-0.4, -0.2) is 61.5 Å². The van der Waals surface area contributed by atoms with Crippen LogP contribution in [0.2, 0.25) is 0 Å². The van der Waals surface area contributed by atoms with Gasteiger partial charge in [-0.15, -0.1) is 0 Å². The summed E-state index contributed by atoms with van der Waals surface area (Å²) >= 11 is 0. The first-order valence-corrected chi connectivity index (χ1v) is 9.59. The van der Waals surface area contributed by atoms with Crippen molar-refractivity contribution in [2.75, 3.05) is 39.8 Å². The number of hydrogen-bond acceptors (Lipinski definition) is 3. The van der Waals surface area contributed by atoms with Gasteiger partial charge >= 0.3 is 6.03 Å². The Morgan fingerprint density at radius 3 is 2.50 bits per heavy atom. The molecule has 0 aliphatic carbocycles. The summed E-state index contributed by atoms with van der Waals surface area (Å²) < 4.78 is 0. The summed E-state index contributed by atoms with van der Waals surface area (Å²) in [5, 5.41) is 2.99. The number of carbonyl (C=O) groups is 2. The third kappa shape index (κ3) is 4.55. The molecule has 6 nitrogen and oxygen atoms in total. The van der Waals surface area contributed by atoms with E-state index < -0.39 is 0 Å². The van der Waals surface area contributed by atoms with Crippen molar-refractivity contribution in [3.8, 4) is 0 Å². The molecule has 2 heterocycles. The second kappa shape index (κ2) is 8.54. The van der Waals surface area contributed by atoms with Gasteiger partial charge in [-0.1, -0.05) is 30.3 Å². The van der Waals surface area contributed by atoms with Crippen LogP contribution in [-0.2, 0) is 11.2 Å². The lowest BCUT2D eigenvalue weighted by molar-refractivity contribution is -0.123. The van der Waals surface area contributed by atoms with E-state index in [1.54, 1.807) is 4.90 Å². The van der Waals surface area contributed by atoms with Gasteiger partial charge in [-0.05, 0) is 56.8 Å². The summed E-state index contributed by atoms with van der Waals surface area (Å²) in [6.07, 6.45) is 2.96. The van der Waals surface area contributed by atoms with Crippen molar-refractivity contribution in [2.45, 2.75) is 19.3 Å². The van der Waals surface area contributed by atoms with Crippen molar-refractivity contribution >= 4 is 11.9 Å². The monoisotopic (exact) mass is 358 g/mol. The van der Waals surface area contributed by atoms with Crippen LogP contribution in [0, 0.1) is 17.8 Å². The molecule has 2 fully saturated rings. The Morgan fingerprint density at radius 2 is 1.85 bits per heavy atom. The largest absolute Gasteiger partial charge is 0.369 e. The molecule has 0 bridgehead atoms. The van der Waals surface area contributed by atoms with E-state index in [1.165, 1.54) is 5.56 Å². The average molecular weight is 358 g/mol. The smallest absolute Gasteiger partial charge is 0.317 e. The van der Waals surface area contributed by atoms with Gasteiger partial charge in [-0.25, -0.2) is 4.79 Å². The molecule has 6 heteroatoms. The van der Waals surface area contributed by atoms with Gasteiger partial charge in [0.1, 0.15) is 0 Å². The van der Waals surface area contributed by atoms with Crippen molar-refractivity contribution in [1.82, 2.24) is 15.1 Å². The van der Waals surface area contributed by atoms with E-state index >= 15 is 0 Å². The molecular weight excluding hydrogens is 328 g/mol. The van der Waals surface area contributed by atoms with E-state index in [4.69, 9.17) is 5.73 Å². The fourth-order valence-electron chi connectivity index (χ4n) is 4.30. The lowest BCUT2D eigenvalue weighted by atomic mass is 9.78. The lowest BCUT2D eigenvalue weighted by Gasteiger charge is -2.34. The number of urea groups is 1. The van der Waals surface area contributed by atoms with Gasteiger partial charge in [0.25, 0.3) is 0 Å². The molecule has 1 aromatic rings. The molecule has 3 amide bonds. The van der Waals surface area contributed by atoms with Gasteiger partial charge in [-0.3, -0.25) is 4.79 Å². The maximum absolute atomic E-state index is 12.5. The van der Waals surface area contributed by atoms with Crippen molar-refractivity contribution in [3.05, 3.63) is 35.9 Å². The standard InChI is InChI=1S/C20H30N4O2/c1-23-11-8-16(9-12-23)17-13-24(14-18(17)19(21)25)20(26)22-10-7-15-5-3-2-4-6-15/h2-6,16-18H,7-14H2,1H3,(H2,21,25)(H,22,26). The maximum atomic E-state index is 12.5. The summed E-state index contributed by atoms with van der Waals surface area (Å²) in [6, 6.07) is 10.0. The molecule has 1 aromatic carbocycles. The van der Waals surface area contributed by atoms with E-state index in [0.29, 0.717) is 25.6 Å². The van der Waals surface area contributed by atoms with Gasteiger partial charge in [0.15, 0.2) is 0 Å². The third-order valence-electron chi connectivity index (χ3n) is 5.92. The molecular formula is C20H30N4O2. The molecule has 0 aromatic heterocycles. The minimum absolute atomic E-state index is 0.0809. The average Bonchev–Trinajstić information content (AvgIpc) is 3.09. The Kier molecular flexibility index (Phi) is 6.14. The van der Waals surface area contributed by atoms with Crippen LogP contribution in [0.25, 0.3) is 0 Å². The fraction of sp³-hybridized carbons (Fsp3) is 0.600. The van der Waals surface area contributed by atoms with Crippen LogP contribution in [0.5, 0.6) is 0 Å². The molecule has 2 atom stereocenters. The quantitative estimate of drug-likeness (QED) is 0.833. The van der Waals surface area contributed by atoms with E-state index in [1.807, 2.05) is 18.2 Å². The van der Waals surface area contributed by atoms with Crippen LogP contribution >= 0.6 is 0 Å². The lowest BCUT2D eigenvalue weighted by Crippen LogP contribution is -2.40. The minimum Gasteiger partial charge on any atom is -0.369 e. The van der Waals surface area contributed by atoms with Crippen molar-refractivity contribution < 1.29 is 9.59 Å². The molecule has 2 aliphatic rings. The van der Waals surface area contributed by atoms with Crippen molar-refractivity contribution in [2.24, 2.45) is 23.5 Å². The maximum Gasteiger partial charge on any atom is 0.317 e. The summed E-state index contributed by atoms with van der Waals surface area (Å²) in [5.41, 5.74) is 6.86. The molecule has 0 radical (unpaired) electrons. The summed E-state index contributed by atoms with van der Waals surface area (Å²) in [7, 11) is 2.13. The summed E-state index contributed by atoms with van der Waals surface area (Å²) in [5.74, 6) is 0.184. The number of nitrogens with one attached hydrogen (secondary N) is 1. The molecule has 3 rings (SSSR count). The van der Waals surface area contributed by atoms with Crippen LogP contribution in [0.4, 0.5) is 4.79 Å². The molecule has 26 heavy (non-hydrogen) atoms. The first kappa shape index (κ1) is 18.7. The number of piperidine rings is 1. The van der Waals surface area contributed by atoms with Gasteiger partial charge in [-0.2, -0.15) is 0 Å². The highest BCUT2D eigenvalue weighted by Gasteiger charge is 2.42. The van der Waals surface area contributed by atoms with Crippen molar-refractivity contribution in [3.63, 3.8) is 0 Å². The first-order chi connectivity index (χ1) is 12.5. The number of likely N-dealkylation sites (tertiary alicyclic amines) is 2. The molecule has 142 valence electrons. The number of benzene rings is 1. The number of nitrogens with zero attached hydrogens (tertiary/aromatic N) is 2. The molecule has 0 saturated carbocycles. The zero-order valence-corrected chi connectivity index (χ0v) is 15.6. The SMILES string of the molecule is CN1CCC(C2CN(C(=O)NCCc3ccccc3)CC2C(N)=O)CC1. The zero-order valence-electron chi connectivity index (χ0n) is 15.6. The normalized spacial score (nSPS) is 24.6. The number of primary amides is 1. The third-order valence-corrected chi connectivity index (χ3v) is 5.92. The molecule has 0 spiro atoms. The number of amides is 3. The minimum atomic E-state index is -0.270. The second-order valence-corrected chi connectivity index (χ2v) is 7.69. The van der Waals surface area contributed by atoms with E-state index in [2.05, 4.69) is 29.4 Å². The predicted molar refractivity (Wildman–Crippen MR) is 102 cm³/mol. The van der Waals surface area contributed by atoms with E-state index in [0.717, 1.165) is 32.4 Å². The molecule has 3 N–H and O–H groups in total. The Hall–Kier alpha value is -2.08. The van der Waals surface area contributed by atoms with E-state index in [-0.39, 0.29) is 23.8 Å². The Bertz CT molecular complexity index is 613. The van der Waals surface area contributed by atoms with Gasteiger partial charge in [0, 0.05) is 19.6 Å². The van der Waals surface area contributed by atoms with E-state index in [9.17, 15) is 9.59 Å².